The molecule has 0 fully saturated rings. The number of aromatic carboxylic acids is 1. The zero-order valence-electron chi connectivity index (χ0n) is 8.56. The highest BCUT2D eigenvalue weighted by Crippen LogP contribution is 2.23. The molecule has 0 atom stereocenters. The lowest BCUT2D eigenvalue weighted by Crippen LogP contribution is -2.06. The van der Waals surface area contributed by atoms with Crippen LogP contribution in [0, 0.1) is 6.92 Å². The lowest BCUT2D eigenvalue weighted by molar-refractivity contribution is 0.0692. The SMILES string of the molecule is Cc1cccc(C(=O)O)c1OCCCO. The van der Waals surface area contributed by atoms with Crippen molar-refractivity contribution in [1.82, 2.24) is 0 Å². The number of rotatable bonds is 5. The first kappa shape index (κ1) is 11.5. The zero-order chi connectivity index (χ0) is 11.3. The van der Waals surface area contributed by atoms with Crippen LogP contribution in [-0.4, -0.2) is 29.4 Å². The van der Waals surface area contributed by atoms with Gasteiger partial charge in [-0.15, -0.1) is 0 Å². The van der Waals surface area contributed by atoms with Gasteiger partial charge in [0.25, 0.3) is 0 Å². The lowest BCUT2D eigenvalue weighted by atomic mass is 10.1. The number of para-hydroxylation sites is 1. The first-order valence-electron chi connectivity index (χ1n) is 4.73. The van der Waals surface area contributed by atoms with E-state index in [0.717, 1.165) is 5.56 Å². The van der Waals surface area contributed by atoms with Crippen LogP contribution >= 0.6 is 0 Å². The third-order valence-corrected chi connectivity index (χ3v) is 1.99. The van der Waals surface area contributed by atoms with Crippen LogP contribution in [0.25, 0.3) is 0 Å². The fourth-order valence-electron chi connectivity index (χ4n) is 1.25. The van der Waals surface area contributed by atoms with Crippen LogP contribution in [0.3, 0.4) is 0 Å². The van der Waals surface area contributed by atoms with Crippen molar-refractivity contribution >= 4 is 5.97 Å². The van der Waals surface area contributed by atoms with Gasteiger partial charge in [0.15, 0.2) is 0 Å². The summed E-state index contributed by atoms with van der Waals surface area (Å²) in [5.41, 5.74) is 0.945. The minimum atomic E-state index is -1.00. The molecule has 0 amide bonds. The summed E-state index contributed by atoms with van der Waals surface area (Å²) in [5, 5.41) is 17.5. The molecule has 1 rings (SSSR count). The van der Waals surface area contributed by atoms with Gasteiger partial charge in [0.1, 0.15) is 11.3 Å². The lowest BCUT2D eigenvalue weighted by Gasteiger charge is -2.10. The molecule has 1 aromatic carbocycles. The fraction of sp³-hybridized carbons (Fsp3) is 0.364. The quantitative estimate of drug-likeness (QED) is 0.722. The number of carboxylic acids is 1. The van der Waals surface area contributed by atoms with E-state index in [2.05, 4.69) is 0 Å². The van der Waals surface area contributed by atoms with Crippen LogP contribution in [0.4, 0.5) is 0 Å². The van der Waals surface area contributed by atoms with Crippen molar-refractivity contribution in [2.24, 2.45) is 0 Å². The number of ether oxygens (including phenoxy) is 1. The number of hydrogen-bond donors (Lipinski definition) is 2. The van der Waals surface area contributed by atoms with Gasteiger partial charge in [-0.2, -0.15) is 0 Å². The molecule has 0 aliphatic heterocycles. The van der Waals surface area contributed by atoms with E-state index in [1.54, 1.807) is 19.1 Å². The summed E-state index contributed by atoms with van der Waals surface area (Å²) < 4.78 is 5.33. The predicted octanol–water partition coefficient (Wildman–Crippen LogP) is 1.45. The minimum Gasteiger partial charge on any atom is -0.492 e. The molecule has 0 spiro atoms. The standard InChI is InChI=1S/C11H14O4/c1-8-4-2-5-9(11(13)14)10(8)15-7-3-6-12/h2,4-5,12H,3,6-7H2,1H3,(H,13,14). The van der Waals surface area contributed by atoms with Gasteiger partial charge in [0.2, 0.25) is 0 Å². The first-order chi connectivity index (χ1) is 7.16. The van der Waals surface area contributed by atoms with Crippen molar-refractivity contribution in [2.45, 2.75) is 13.3 Å². The number of aryl methyl sites for hydroxylation is 1. The van der Waals surface area contributed by atoms with E-state index >= 15 is 0 Å². The largest absolute Gasteiger partial charge is 0.492 e. The second-order valence-corrected chi connectivity index (χ2v) is 3.18. The topological polar surface area (TPSA) is 66.8 Å². The van der Waals surface area contributed by atoms with E-state index < -0.39 is 5.97 Å². The molecule has 0 saturated heterocycles. The van der Waals surface area contributed by atoms with E-state index in [1.807, 2.05) is 0 Å². The van der Waals surface area contributed by atoms with Crippen molar-refractivity contribution in [1.29, 1.82) is 0 Å². The normalized spacial score (nSPS) is 10.0. The van der Waals surface area contributed by atoms with Crippen molar-refractivity contribution in [2.75, 3.05) is 13.2 Å². The van der Waals surface area contributed by atoms with Gasteiger partial charge in [-0.25, -0.2) is 4.79 Å². The van der Waals surface area contributed by atoms with Crippen molar-refractivity contribution < 1.29 is 19.7 Å². The Morgan fingerprint density at radius 3 is 2.80 bits per heavy atom. The van der Waals surface area contributed by atoms with Crippen LogP contribution in [0.2, 0.25) is 0 Å². The summed E-state index contributed by atoms with van der Waals surface area (Å²) in [5.74, 6) is -0.615. The molecule has 0 radical (unpaired) electrons. The van der Waals surface area contributed by atoms with Crippen molar-refractivity contribution in [3.63, 3.8) is 0 Å². The Hall–Kier alpha value is -1.55. The number of aliphatic hydroxyl groups excluding tert-OH is 1. The van der Waals surface area contributed by atoms with Gasteiger partial charge >= 0.3 is 5.97 Å². The van der Waals surface area contributed by atoms with Gasteiger partial charge in [0.05, 0.1) is 6.61 Å². The Kier molecular flexibility index (Phi) is 4.12. The smallest absolute Gasteiger partial charge is 0.339 e. The number of carboxylic acid groups (broad SMARTS) is 1. The second kappa shape index (κ2) is 5.36. The maximum atomic E-state index is 10.9. The Morgan fingerprint density at radius 2 is 2.20 bits per heavy atom. The Bertz CT molecular complexity index is 346. The van der Waals surface area contributed by atoms with Gasteiger partial charge < -0.3 is 14.9 Å². The summed E-state index contributed by atoms with van der Waals surface area (Å²) in [6.45, 7) is 2.15. The zero-order valence-corrected chi connectivity index (χ0v) is 8.56. The number of aliphatic hydroxyl groups is 1. The minimum absolute atomic E-state index is 0.0360. The van der Waals surface area contributed by atoms with E-state index in [1.165, 1.54) is 6.07 Å². The number of carbonyl (C=O) groups is 1. The highest BCUT2D eigenvalue weighted by atomic mass is 16.5. The van der Waals surface area contributed by atoms with Crippen LogP contribution in [0.15, 0.2) is 18.2 Å². The van der Waals surface area contributed by atoms with Crippen LogP contribution in [0.5, 0.6) is 5.75 Å². The highest BCUT2D eigenvalue weighted by Gasteiger charge is 2.12. The van der Waals surface area contributed by atoms with Crippen LogP contribution in [-0.2, 0) is 0 Å². The molecule has 0 aliphatic carbocycles. The van der Waals surface area contributed by atoms with E-state index in [9.17, 15) is 4.79 Å². The van der Waals surface area contributed by atoms with Gasteiger partial charge in [-0.3, -0.25) is 0 Å². The Balaban J connectivity index is 2.87. The summed E-state index contributed by atoms with van der Waals surface area (Å²) in [6.07, 6.45) is 0.493. The number of benzene rings is 1. The number of hydrogen-bond acceptors (Lipinski definition) is 3. The molecule has 4 nitrogen and oxygen atoms in total. The maximum Gasteiger partial charge on any atom is 0.339 e. The average molecular weight is 210 g/mol. The van der Waals surface area contributed by atoms with Gasteiger partial charge in [-0.1, -0.05) is 12.1 Å². The Morgan fingerprint density at radius 1 is 1.47 bits per heavy atom. The maximum absolute atomic E-state index is 10.9. The third kappa shape index (κ3) is 2.95. The van der Waals surface area contributed by atoms with Gasteiger partial charge in [-0.05, 0) is 18.6 Å². The monoisotopic (exact) mass is 210 g/mol. The summed E-state index contributed by atoms with van der Waals surface area (Å²) in [4.78, 5) is 10.9. The molecule has 0 saturated carbocycles. The fourth-order valence-corrected chi connectivity index (χ4v) is 1.25. The van der Waals surface area contributed by atoms with Crippen LogP contribution in [0.1, 0.15) is 22.3 Å². The van der Waals surface area contributed by atoms with Gasteiger partial charge in [0, 0.05) is 13.0 Å². The molecule has 2 N–H and O–H groups in total. The average Bonchev–Trinajstić information content (AvgIpc) is 2.20. The molecule has 1 aromatic rings. The molecule has 15 heavy (non-hydrogen) atoms. The molecule has 0 heterocycles. The Labute approximate surface area is 88.1 Å². The van der Waals surface area contributed by atoms with Crippen molar-refractivity contribution in [3.05, 3.63) is 29.3 Å². The molecule has 0 unspecified atom stereocenters. The summed E-state index contributed by atoms with van der Waals surface area (Å²) >= 11 is 0. The molecule has 0 aliphatic rings. The molecule has 0 aromatic heterocycles. The molecule has 0 bridgehead atoms. The summed E-state index contributed by atoms with van der Waals surface area (Å²) in [6, 6.07) is 4.97. The summed E-state index contributed by atoms with van der Waals surface area (Å²) in [7, 11) is 0. The predicted molar refractivity (Wildman–Crippen MR) is 55.3 cm³/mol. The molecular formula is C11H14O4. The van der Waals surface area contributed by atoms with Crippen molar-refractivity contribution in [3.8, 4) is 5.75 Å². The second-order valence-electron chi connectivity index (χ2n) is 3.18. The van der Waals surface area contributed by atoms with E-state index in [-0.39, 0.29) is 12.2 Å². The third-order valence-electron chi connectivity index (χ3n) is 1.99. The van der Waals surface area contributed by atoms with E-state index in [4.69, 9.17) is 14.9 Å². The highest BCUT2D eigenvalue weighted by molar-refractivity contribution is 5.91. The van der Waals surface area contributed by atoms with E-state index in [0.29, 0.717) is 18.8 Å². The molecular weight excluding hydrogens is 196 g/mol. The first-order valence-corrected chi connectivity index (χ1v) is 4.73. The molecule has 4 heteroatoms. The van der Waals surface area contributed by atoms with Crippen LogP contribution < -0.4 is 4.74 Å². The molecule has 82 valence electrons.